The molecule has 0 spiro atoms. The molecule has 0 aliphatic carbocycles. The first-order valence-electron chi connectivity index (χ1n) is 5.14. The number of rotatable bonds is 1. The highest BCUT2D eigenvalue weighted by Crippen LogP contribution is 2.47. The lowest BCUT2D eigenvalue weighted by Gasteiger charge is -2.27. The van der Waals surface area contributed by atoms with E-state index in [0.717, 1.165) is 25.5 Å². The van der Waals surface area contributed by atoms with Crippen molar-refractivity contribution >= 4 is 11.6 Å². The van der Waals surface area contributed by atoms with Gasteiger partial charge in [-0.25, -0.2) is 0 Å². The molecule has 1 heterocycles. The highest BCUT2D eigenvalue weighted by atomic mass is 35.5. The van der Waals surface area contributed by atoms with Crippen molar-refractivity contribution in [2.75, 3.05) is 6.54 Å². The van der Waals surface area contributed by atoms with Crippen molar-refractivity contribution in [3.05, 3.63) is 16.7 Å². The molecule has 1 aliphatic rings. The van der Waals surface area contributed by atoms with Crippen LogP contribution in [0.4, 0.5) is 0 Å². The standard InChI is InChI=1S/C11H14ClNO3/c1-11(3-2-4-13-11)8-9(12)6(14)5-7(15)10(8)16/h5,13-16H,2-4H2,1H3. The molecule has 4 N–H and O–H groups in total. The van der Waals surface area contributed by atoms with Crippen LogP contribution in [0.1, 0.15) is 25.3 Å². The molecule has 5 heteroatoms. The van der Waals surface area contributed by atoms with Crippen molar-refractivity contribution in [1.29, 1.82) is 0 Å². The van der Waals surface area contributed by atoms with E-state index in [-0.39, 0.29) is 22.3 Å². The largest absolute Gasteiger partial charge is 0.506 e. The summed E-state index contributed by atoms with van der Waals surface area (Å²) in [6, 6.07) is 1.04. The third-order valence-electron chi connectivity index (χ3n) is 3.12. The number of phenolic OH excluding ortho intramolecular Hbond substituents is 3. The van der Waals surface area contributed by atoms with E-state index < -0.39 is 5.54 Å². The van der Waals surface area contributed by atoms with Crippen LogP contribution in [-0.2, 0) is 5.54 Å². The molecular formula is C11H14ClNO3. The summed E-state index contributed by atoms with van der Waals surface area (Å²) < 4.78 is 0. The molecule has 2 rings (SSSR count). The van der Waals surface area contributed by atoms with Crippen molar-refractivity contribution in [2.24, 2.45) is 0 Å². The molecule has 16 heavy (non-hydrogen) atoms. The Balaban J connectivity index is 2.63. The smallest absolute Gasteiger partial charge is 0.164 e. The Hall–Kier alpha value is -1.13. The molecule has 1 aromatic rings. The molecule has 1 fully saturated rings. The van der Waals surface area contributed by atoms with Crippen molar-refractivity contribution in [3.63, 3.8) is 0 Å². The average molecular weight is 244 g/mol. The summed E-state index contributed by atoms with van der Waals surface area (Å²) in [5.41, 5.74) is -0.138. The van der Waals surface area contributed by atoms with E-state index in [2.05, 4.69) is 5.32 Å². The Morgan fingerprint density at radius 2 is 2.00 bits per heavy atom. The zero-order chi connectivity index (χ0) is 11.9. The maximum atomic E-state index is 9.84. The van der Waals surface area contributed by atoms with Gasteiger partial charge in [0.05, 0.1) is 5.02 Å². The second kappa shape index (κ2) is 3.71. The minimum atomic E-state index is -0.503. The van der Waals surface area contributed by atoms with Crippen LogP contribution in [0.2, 0.25) is 5.02 Å². The van der Waals surface area contributed by atoms with Crippen LogP contribution in [0, 0.1) is 0 Å². The Bertz CT molecular complexity index is 401. The quantitative estimate of drug-likeness (QED) is 0.450. The molecule has 0 aromatic heterocycles. The fourth-order valence-corrected chi connectivity index (χ4v) is 2.59. The molecule has 0 amide bonds. The minimum absolute atomic E-state index is 0.0900. The van der Waals surface area contributed by atoms with Gasteiger partial charge in [0, 0.05) is 17.2 Å². The van der Waals surface area contributed by atoms with Gasteiger partial charge in [-0.15, -0.1) is 0 Å². The molecule has 1 unspecified atom stereocenters. The first-order chi connectivity index (χ1) is 7.46. The van der Waals surface area contributed by atoms with Crippen LogP contribution in [0.3, 0.4) is 0 Å². The monoisotopic (exact) mass is 243 g/mol. The fraction of sp³-hybridized carbons (Fsp3) is 0.455. The molecule has 0 bridgehead atoms. The predicted molar refractivity (Wildman–Crippen MR) is 61.0 cm³/mol. The third-order valence-corrected chi connectivity index (χ3v) is 3.50. The molecular weight excluding hydrogens is 230 g/mol. The number of hydrogen-bond donors (Lipinski definition) is 4. The summed E-state index contributed by atoms with van der Waals surface area (Å²) in [5, 5.41) is 32.2. The highest BCUT2D eigenvalue weighted by Gasteiger charge is 2.36. The van der Waals surface area contributed by atoms with E-state index in [1.165, 1.54) is 0 Å². The Labute approximate surface area is 98.5 Å². The molecule has 4 nitrogen and oxygen atoms in total. The molecule has 1 saturated heterocycles. The minimum Gasteiger partial charge on any atom is -0.506 e. The van der Waals surface area contributed by atoms with Gasteiger partial charge in [0.15, 0.2) is 11.5 Å². The Morgan fingerprint density at radius 1 is 1.31 bits per heavy atom. The van der Waals surface area contributed by atoms with Gasteiger partial charge < -0.3 is 20.6 Å². The Kier molecular flexibility index (Phi) is 2.64. The first-order valence-corrected chi connectivity index (χ1v) is 5.52. The van der Waals surface area contributed by atoms with Gasteiger partial charge in [0.1, 0.15) is 5.75 Å². The molecule has 0 radical (unpaired) electrons. The van der Waals surface area contributed by atoms with Gasteiger partial charge in [-0.3, -0.25) is 0 Å². The van der Waals surface area contributed by atoms with Gasteiger partial charge in [-0.1, -0.05) is 11.6 Å². The van der Waals surface area contributed by atoms with Gasteiger partial charge in [-0.05, 0) is 26.3 Å². The van der Waals surface area contributed by atoms with Crippen LogP contribution in [0.5, 0.6) is 17.2 Å². The molecule has 88 valence electrons. The summed E-state index contributed by atoms with van der Waals surface area (Å²) in [7, 11) is 0. The zero-order valence-corrected chi connectivity index (χ0v) is 9.67. The summed E-state index contributed by atoms with van der Waals surface area (Å²) in [6.45, 7) is 2.71. The highest BCUT2D eigenvalue weighted by molar-refractivity contribution is 6.33. The second-order valence-electron chi connectivity index (χ2n) is 4.31. The molecule has 1 aliphatic heterocycles. The molecule has 0 saturated carbocycles. The van der Waals surface area contributed by atoms with Gasteiger partial charge in [0.25, 0.3) is 0 Å². The number of aromatic hydroxyl groups is 3. The summed E-state index contributed by atoms with van der Waals surface area (Å²) in [4.78, 5) is 0. The van der Waals surface area contributed by atoms with Crippen LogP contribution in [0.15, 0.2) is 6.07 Å². The van der Waals surface area contributed by atoms with Gasteiger partial charge >= 0.3 is 0 Å². The SMILES string of the molecule is CC1(c2c(O)c(O)cc(O)c2Cl)CCCN1. The van der Waals surface area contributed by atoms with E-state index in [4.69, 9.17) is 11.6 Å². The summed E-state index contributed by atoms with van der Waals surface area (Å²) in [6.07, 6.45) is 1.76. The van der Waals surface area contributed by atoms with Crippen LogP contribution < -0.4 is 5.32 Å². The summed E-state index contributed by atoms with van der Waals surface area (Å²) >= 11 is 5.98. The van der Waals surface area contributed by atoms with Crippen LogP contribution in [0.25, 0.3) is 0 Å². The lowest BCUT2D eigenvalue weighted by atomic mass is 9.89. The van der Waals surface area contributed by atoms with Crippen molar-refractivity contribution < 1.29 is 15.3 Å². The average Bonchev–Trinajstić information content (AvgIpc) is 2.63. The van der Waals surface area contributed by atoms with Crippen molar-refractivity contribution in [3.8, 4) is 17.2 Å². The van der Waals surface area contributed by atoms with Crippen LogP contribution in [-0.4, -0.2) is 21.9 Å². The van der Waals surface area contributed by atoms with E-state index in [0.29, 0.717) is 5.56 Å². The first kappa shape index (κ1) is 11.4. The molecule has 1 aromatic carbocycles. The third kappa shape index (κ3) is 1.58. The molecule has 1 atom stereocenters. The lowest BCUT2D eigenvalue weighted by molar-refractivity contribution is 0.360. The van der Waals surface area contributed by atoms with E-state index in [1.54, 1.807) is 0 Å². The number of nitrogens with one attached hydrogen (secondary N) is 1. The normalized spacial score (nSPS) is 24.9. The lowest BCUT2D eigenvalue weighted by Crippen LogP contribution is -2.33. The van der Waals surface area contributed by atoms with E-state index >= 15 is 0 Å². The van der Waals surface area contributed by atoms with E-state index in [9.17, 15) is 15.3 Å². The van der Waals surface area contributed by atoms with Crippen molar-refractivity contribution in [1.82, 2.24) is 5.32 Å². The number of phenols is 3. The second-order valence-corrected chi connectivity index (χ2v) is 4.69. The predicted octanol–water partition coefficient (Wildman–Crippen LogP) is 2.06. The topological polar surface area (TPSA) is 72.7 Å². The van der Waals surface area contributed by atoms with E-state index in [1.807, 2.05) is 6.92 Å². The zero-order valence-electron chi connectivity index (χ0n) is 8.92. The maximum Gasteiger partial charge on any atom is 0.164 e. The van der Waals surface area contributed by atoms with Gasteiger partial charge in [0.2, 0.25) is 0 Å². The number of hydrogen-bond acceptors (Lipinski definition) is 4. The fourth-order valence-electron chi connectivity index (χ4n) is 2.23. The summed E-state index contributed by atoms with van der Waals surface area (Å²) in [5.74, 6) is -0.839. The number of benzene rings is 1. The number of halogens is 1. The maximum absolute atomic E-state index is 9.84. The van der Waals surface area contributed by atoms with Crippen molar-refractivity contribution in [2.45, 2.75) is 25.3 Å². The van der Waals surface area contributed by atoms with Gasteiger partial charge in [-0.2, -0.15) is 0 Å². The van der Waals surface area contributed by atoms with Crippen LogP contribution >= 0.6 is 11.6 Å². The Morgan fingerprint density at radius 3 is 2.56 bits per heavy atom.